The second kappa shape index (κ2) is 5.10. The number of carbonyl (C=O) groups excluding carboxylic acids is 1. The minimum absolute atomic E-state index is 0.0589. The van der Waals surface area contributed by atoms with Gasteiger partial charge in [0, 0.05) is 22.4 Å². The number of hydrogen-bond acceptors (Lipinski definition) is 2. The summed E-state index contributed by atoms with van der Waals surface area (Å²) >= 11 is 0. The van der Waals surface area contributed by atoms with E-state index in [1.54, 1.807) is 32.0 Å². The molecule has 0 aromatic heterocycles. The van der Waals surface area contributed by atoms with Crippen molar-refractivity contribution in [3.63, 3.8) is 0 Å². The molecule has 0 saturated heterocycles. The summed E-state index contributed by atoms with van der Waals surface area (Å²) in [7, 11) is 0. The van der Waals surface area contributed by atoms with Crippen LogP contribution in [0, 0.1) is 19.7 Å². The molecule has 0 aliphatic heterocycles. The maximum absolute atomic E-state index is 13.4. The fraction of sp³-hybridized carbons (Fsp3) is 0.133. The molecule has 0 unspecified atom stereocenters. The number of anilines is 1. The molecule has 0 aliphatic carbocycles. The Kier molecular flexibility index (Phi) is 3.51. The quantitative estimate of drug-likeness (QED) is 0.868. The lowest BCUT2D eigenvalue weighted by atomic mass is 10.1. The van der Waals surface area contributed by atoms with Crippen molar-refractivity contribution in [2.45, 2.75) is 13.8 Å². The number of hydrogen-bond donors (Lipinski definition) is 2. The van der Waals surface area contributed by atoms with Crippen molar-refractivity contribution in [2.75, 3.05) is 5.32 Å². The van der Waals surface area contributed by atoms with Crippen LogP contribution in [0.4, 0.5) is 10.1 Å². The summed E-state index contributed by atoms with van der Waals surface area (Å²) in [5.74, 6) is -0.684. The van der Waals surface area contributed by atoms with Gasteiger partial charge in [-0.25, -0.2) is 4.39 Å². The van der Waals surface area contributed by atoms with Crippen LogP contribution in [0.5, 0.6) is 5.75 Å². The summed E-state index contributed by atoms with van der Waals surface area (Å²) in [6.07, 6.45) is 0. The van der Waals surface area contributed by atoms with Crippen LogP contribution in [-0.2, 0) is 0 Å². The normalized spacial score (nSPS) is 10.3. The summed E-state index contributed by atoms with van der Waals surface area (Å²) < 4.78 is 13.4. The molecule has 2 aromatic carbocycles. The number of aromatic hydroxyl groups is 1. The molecule has 2 N–H and O–H groups in total. The van der Waals surface area contributed by atoms with Gasteiger partial charge in [-0.2, -0.15) is 0 Å². The van der Waals surface area contributed by atoms with Gasteiger partial charge in [0.15, 0.2) is 0 Å². The zero-order valence-electron chi connectivity index (χ0n) is 10.7. The topological polar surface area (TPSA) is 49.3 Å². The molecule has 0 heterocycles. The Hall–Kier alpha value is -2.36. The molecule has 4 heteroatoms. The minimum Gasteiger partial charge on any atom is -0.508 e. The summed E-state index contributed by atoms with van der Waals surface area (Å²) in [5, 5.41) is 12.2. The lowest BCUT2D eigenvalue weighted by Gasteiger charge is -2.11. The first-order valence-electron chi connectivity index (χ1n) is 5.85. The van der Waals surface area contributed by atoms with Gasteiger partial charge < -0.3 is 10.4 Å². The average molecular weight is 259 g/mol. The molecule has 19 heavy (non-hydrogen) atoms. The van der Waals surface area contributed by atoms with E-state index in [9.17, 15) is 14.3 Å². The standard InChI is InChI=1S/C15H14FNO2/c1-9-11(5-3-8-14(9)18)15(19)17-13-7-4-6-12(16)10(13)2/h3-8,18H,1-2H3,(H,17,19). The fourth-order valence-corrected chi connectivity index (χ4v) is 1.80. The van der Waals surface area contributed by atoms with Crippen LogP contribution in [0.25, 0.3) is 0 Å². The maximum atomic E-state index is 13.4. The lowest BCUT2D eigenvalue weighted by Crippen LogP contribution is -2.14. The molecule has 0 radical (unpaired) electrons. The number of phenolic OH excluding ortho intramolecular Hbond substituents is 1. The van der Waals surface area contributed by atoms with Crippen molar-refractivity contribution in [2.24, 2.45) is 0 Å². The van der Waals surface area contributed by atoms with Gasteiger partial charge in [-0.3, -0.25) is 4.79 Å². The zero-order chi connectivity index (χ0) is 14.0. The van der Waals surface area contributed by atoms with Crippen molar-refractivity contribution in [3.8, 4) is 5.75 Å². The van der Waals surface area contributed by atoms with Crippen LogP contribution in [0.1, 0.15) is 21.5 Å². The average Bonchev–Trinajstić information content (AvgIpc) is 2.38. The van der Waals surface area contributed by atoms with Gasteiger partial charge in [-0.15, -0.1) is 0 Å². The molecule has 0 bridgehead atoms. The summed E-state index contributed by atoms with van der Waals surface area (Å²) in [4.78, 5) is 12.1. The highest BCUT2D eigenvalue weighted by Crippen LogP contribution is 2.22. The van der Waals surface area contributed by atoms with E-state index in [2.05, 4.69) is 5.32 Å². The third-order valence-corrected chi connectivity index (χ3v) is 3.07. The van der Waals surface area contributed by atoms with Crippen LogP contribution in [0.3, 0.4) is 0 Å². The molecule has 2 aromatic rings. The molecule has 0 atom stereocenters. The van der Waals surface area contributed by atoms with Crippen molar-refractivity contribution in [3.05, 3.63) is 58.9 Å². The summed E-state index contributed by atoms with van der Waals surface area (Å²) in [6, 6.07) is 9.22. The second-order valence-corrected chi connectivity index (χ2v) is 4.32. The Labute approximate surface area is 110 Å². The molecule has 0 fully saturated rings. The maximum Gasteiger partial charge on any atom is 0.256 e. The fourth-order valence-electron chi connectivity index (χ4n) is 1.80. The van der Waals surface area contributed by atoms with E-state index in [0.717, 1.165) is 0 Å². The Morgan fingerprint density at radius 2 is 1.79 bits per heavy atom. The highest BCUT2D eigenvalue weighted by molar-refractivity contribution is 6.06. The third kappa shape index (κ3) is 2.57. The number of rotatable bonds is 2. The van der Waals surface area contributed by atoms with Gasteiger partial charge in [0.25, 0.3) is 5.91 Å². The zero-order valence-corrected chi connectivity index (χ0v) is 10.7. The SMILES string of the molecule is Cc1c(F)cccc1NC(=O)c1cccc(O)c1C. The third-order valence-electron chi connectivity index (χ3n) is 3.07. The number of halogens is 1. The van der Waals surface area contributed by atoms with E-state index >= 15 is 0 Å². The first-order chi connectivity index (χ1) is 9.00. The van der Waals surface area contributed by atoms with Crippen LogP contribution in [0.15, 0.2) is 36.4 Å². The Morgan fingerprint density at radius 3 is 2.53 bits per heavy atom. The molecule has 1 amide bonds. The van der Waals surface area contributed by atoms with Gasteiger partial charge in [0.05, 0.1) is 0 Å². The number of carbonyl (C=O) groups is 1. The van der Waals surface area contributed by atoms with Gasteiger partial charge in [0.1, 0.15) is 11.6 Å². The van der Waals surface area contributed by atoms with Gasteiger partial charge in [0.2, 0.25) is 0 Å². The van der Waals surface area contributed by atoms with Crippen molar-refractivity contribution < 1.29 is 14.3 Å². The molecule has 3 nitrogen and oxygen atoms in total. The first kappa shape index (κ1) is 13.1. The predicted octanol–water partition coefficient (Wildman–Crippen LogP) is 3.40. The number of phenols is 1. The van der Waals surface area contributed by atoms with Crippen LogP contribution >= 0.6 is 0 Å². The van der Waals surface area contributed by atoms with E-state index in [4.69, 9.17) is 0 Å². The largest absolute Gasteiger partial charge is 0.508 e. The van der Waals surface area contributed by atoms with E-state index in [-0.39, 0.29) is 17.5 Å². The van der Waals surface area contributed by atoms with Gasteiger partial charge >= 0.3 is 0 Å². The summed E-state index contributed by atoms with van der Waals surface area (Å²) in [5.41, 5.74) is 1.67. The Morgan fingerprint density at radius 1 is 1.11 bits per heavy atom. The molecular formula is C15H14FNO2. The van der Waals surface area contributed by atoms with E-state index in [1.807, 2.05) is 0 Å². The molecule has 98 valence electrons. The van der Waals surface area contributed by atoms with Gasteiger partial charge in [-0.1, -0.05) is 12.1 Å². The van der Waals surface area contributed by atoms with Gasteiger partial charge in [-0.05, 0) is 38.1 Å². The molecule has 0 spiro atoms. The predicted molar refractivity (Wildman–Crippen MR) is 71.9 cm³/mol. The van der Waals surface area contributed by atoms with Crippen molar-refractivity contribution >= 4 is 11.6 Å². The summed E-state index contributed by atoms with van der Waals surface area (Å²) in [6.45, 7) is 3.25. The molecular weight excluding hydrogens is 245 g/mol. The van der Waals surface area contributed by atoms with E-state index in [0.29, 0.717) is 22.4 Å². The Balaban J connectivity index is 2.31. The smallest absolute Gasteiger partial charge is 0.256 e. The van der Waals surface area contributed by atoms with Crippen molar-refractivity contribution in [1.29, 1.82) is 0 Å². The number of benzene rings is 2. The van der Waals surface area contributed by atoms with Crippen LogP contribution < -0.4 is 5.32 Å². The van der Waals surface area contributed by atoms with Crippen LogP contribution in [0.2, 0.25) is 0 Å². The minimum atomic E-state index is -0.373. The Bertz CT molecular complexity index is 638. The number of nitrogens with one attached hydrogen (secondary N) is 1. The highest BCUT2D eigenvalue weighted by Gasteiger charge is 2.13. The van der Waals surface area contributed by atoms with Crippen LogP contribution in [-0.4, -0.2) is 11.0 Å². The van der Waals surface area contributed by atoms with Crippen molar-refractivity contribution in [1.82, 2.24) is 0 Å². The lowest BCUT2D eigenvalue weighted by molar-refractivity contribution is 0.102. The number of amides is 1. The molecule has 0 aliphatic rings. The molecule has 2 rings (SSSR count). The van der Waals surface area contributed by atoms with E-state index < -0.39 is 0 Å². The molecule has 0 saturated carbocycles. The second-order valence-electron chi connectivity index (χ2n) is 4.32. The monoisotopic (exact) mass is 259 g/mol. The highest BCUT2D eigenvalue weighted by atomic mass is 19.1. The van der Waals surface area contributed by atoms with E-state index in [1.165, 1.54) is 18.2 Å². The first-order valence-corrected chi connectivity index (χ1v) is 5.85.